The highest BCUT2D eigenvalue weighted by atomic mass is 32.2. The Morgan fingerprint density at radius 3 is 1.14 bits per heavy atom. The van der Waals surface area contributed by atoms with E-state index in [1.54, 1.807) is 73.1 Å². The van der Waals surface area contributed by atoms with Crippen LogP contribution in [0.4, 0.5) is 0 Å². The van der Waals surface area contributed by atoms with E-state index in [0.29, 0.717) is 123 Å². The van der Waals surface area contributed by atoms with E-state index in [1.807, 2.05) is 72.8 Å². The van der Waals surface area contributed by atoms with Crippen LogP contribution in [0.15, 0.2) is 176 Å². The summed E-state index contributed by atoms with van der Waals surface area (Å²) in [5, 5.41) is 0. The van der Waals surface area contributed by atoms with Crippen molar-refractivity contribution in [2.75, 3.05) is 26.4 Å². The summed E-state index contributed by atoms with van der Waals surface area (Å²) in [6.07, 6.45) is 16.1. The third kappa shape index (κ3) is 21.0. The third-order valence-electron chi connectivity index (χ3n) is 16.3. The molecule has 8 aromatic rings. The van der Waals surface area contributed by atoms with E-state index in [1.165, 1.54) is 46.6 Å². The number of rotatable bonds is 33. The number of aromatic nitrogens is 2. The van der Waals surface area contributed by atoms with Crippen molar-refractivity contribution in [2.24, 2.45) is 32.5 Å². The fourth-order valence-corrected chi connectivity index (χ4v) is 14.2. The van der Waals surface area contributed by atoms with Crippen molar-refractivity contribution in [1.82, 2.24) is 9.97 Å². The first-order valence-corrected chi connectivity index (χ1v) is 35.4. The van der Waals surface area contributed by atoms with Crippen molar-refractivity contribution in [2.45, 2.75) is 111 Å². The van der Waals surface area contributed by atoms with E-state index < -0.39 is 35.7 Å². The number of benzene rings is 6. The van der Waals surface area contributed by atoms with Gasteiger partial charge in [0.1, 0.15) is 34.5 Å². The van der Waals surface area contributed by atoms with Gasteiger partial charge < -0.3 is 37.9 Å². The Morgan fingerprint density at radius 1 is 0.427 bits per heavy atom. The smallest absolute Gasteiger partial charge is 0.330 e. The third-order valence-corrected chi connectivity index (χ3v) is 19.8. The molecular weight excluding hydrogens is 1300 g/mol. The van der Waals surface area contributed by atoms with Crippen molar-refractivity contribution >= 4 is 115 Å². The standard InChI is InChI=1S/C74H74N4O14S4/c1-3-67(79)87-43-15-7-5-13-41-85-57-31-35-59(36-32-57)89-69(81)49-21-25-51(26-22-49)71(83)91-63-39-29-53(45-55(63)47-75-95-73-77-61-17-9-11-19-65(61)93-73)54-30-40-64(56(46-54)48-76-96-74-78-62-18-10-12-20-66(62)94-74)92-72(84)52-27-23-50(24-28-52)70(82)90-60-37-33-58(34-38-60)86-42-14-6-8-16-44-88-68(80)4-2/h3-4,9-12,17-20,29-40,45-52H,1-2,5-8,13-16,21-28,41-44H2. The molecule has 0 N–H and O–H groups in total. The number of thiazole rings is 2. The molecule has 2 saturated carbocycles. The summed E-state index contributed by atoms with van der Waals surface area (Å²) in [6, 6.07) is 40.6. The highest BCUT2D eigenvalue weighted by Crippen LogP contribution is 2.38. The second-order valence-electron chi connectivity index (χ2n) is 23.0. The summed E-state index contributed by atoms with van der Waals surface area (Å²) in [5.74, 6) is -1.27. The Kier molecular flexibility index (Phi) is 26.4. The topological polar surface area (TPSA) is 227 Å². The molecule has 498 valence electrons. The van der Waals surface area contributed by atoms with E-state index in [2.05, 4.69) is 13.2 Å². The van der Waals surface area contributed by atoms with Crippen molar-refractivity contribution < 1.29 is 66.7 Å². The first-order chi connectivity index (χ1) is 46.9. The predicted molar refractivity (Wildman–Crippen MR) is 375 cm³/mol. The summed E-state index contributed by atoms with van der Waals surface area (Å²) in [5.41, 5.74) is 4.31. The van der Waals surface area contributed by atoms with Crippen LogP contribution < -0.4 is 28.4 Å². The lowest BCUT2D eigenvalue weighted by Crippen LogP contribution is -2.30. The quantitative estimate of drug-likeness (QED) is 0.00930. The van der Waals surface area contributed by atoms with E-state index >= 15 is 0 Å². The van der Waals surface area contributed by atoms with Gasteiger partial charge >= 0.3 is 35.8 Å². The average molecular weight is 1370 g/mol. The summed E-state index contributed by atoms with van der Waals surface area (Å²) in [4.78, 5) is 86.8. The second-order valence-corrected chi connectivity index (χ2v) is 27.2. The van der Waals surface area contributed by atoms with Crippen LogP contribution in [0.5, 0.6) is 34.5 Å². The summed E-state index contributed by atoms with van der Waals surface area (Å²) in [7, 11) is 0. The molecule has 22 heteroatoms. The van der Waals surface area contributed by atoms with Crippen LogP contribution in [-0.4, -0.2) is 84.6 Å². The molecular formula is C74H74N4O14S4. The summed E-state index contributed by atoms with van der Waals surface area (Å²) < 4.78 is 58.8. The van der Waals surface area contributed by atoms with E-state index in [0.717, 1.165) is 104 Å². The number of hydrogen-bond donors (Lipinski definition) is 0. The Hall–Kier alpha value is -8.96. The molecule has 0 saturated heterocycles. The molecule has 2 heterocycles. The van der Waals surface area contributed by atoms with Crippen LogP contribution in [0.25, 0.3) is 31.6 Å². The van der Waals surface area contributed by atoms with Crippen LogP contribution in [-0.2, 0) is 38.2 Å². The second kappa shape index (κ2) is 36.2. The van der Waals surface area contributed by atoms with Crippen molar-refractivity contribution in [3.8, 4) is 45.6 Å². The van der Waals surface area contributed by atoms with Gasteiger partial charge in [-0.1, -0.05) is 49.6 Å². The number of unbranched alkanes of at least 4 members (excludes halogenated alkanes) is 6. The molecule has 0 aliphatic heterocycles. The number of hydrogen-bond acceptors (Lipinski definition) is 22. The zero-order valence-electron chi connectivity index (χ0n) is 53.0. The molecule has 0 spiro atoms. The van der Waals surface area contributed by atoms with Crippen LogP contribution in [0.2, 0.25) is 0 Å². The summed E-state index contributed by atoms with van der Waals surface area (Å²) in [6.45, 7) is 8.59. The van der Waals surface area contributed by atoms with Gasteiger partial charge in [0.15, 0.2) is 8.68 Å². The minimum absolute atomic E-state index is 0.306. The molecule has 96 heavy (non-hydrogen) atoms. The van der Waals surface area contributed by atoms with Gasteiger partial charge in [-0.3, -0.25) is 19.2 Å². The van der Waals surface area contributed by atoms with Crippen LogP contribution in [0.3, 0.4) is 0 Å². The van der Waals surface area contributed by atoms with Crippen LogP contribution in [0.1, 0.15) is 114 Å². The van der Waals surface area contributed by atoms with E-state index in [4.69, 9.17) is 56.7 Å². The number of carbonyl (C=O) groups is 6. The lowest BCUT2D eigenvalue weighted by atomic mass is 9.82. The zero-order valence-corrected chi connectivity index (χ0v) is 56.3. The number of ether oxygens (including phenoxy) is 8. The Labute approximate surface area is 574 Å². The van der Waals surface area contributed by atoms with Crippen LogP contribution in [0, 0.1) is 23.7 Å². The monoisotopic (exact) mass is 1370 g/mol. The van der Waals surface area contributed by atoms with Crippen molar-refractivity contribution in [1.29, 1.82) is 0 Å². The Morgan fingerprint density at radius 2 is 0.771 bits per heavy atom. The van der Waals surface area contributed by atoms with Crippen LogP contribution >= 0.6 is 46.6 Å². The number of carbonyl (C=O) groups excluding carboxylic acids is 6. The van der Waals surface area contributed by atoms with Gasteiger partial charge in [-0.2, -0.15) is 0 Å². The Bertz CT molecular complexity index is 3720. The van der Waals surface area contributed by atoms with Gasteiger partial charge in [0.2, 0.25) is 0 Å². The molecule has 6 aromatic carbocycles. The maximum Gasteiger partial charge on any atom is 0.330 e. The SMILES string of the molecule is C=CC(=O)OCCCCCCOc1ccc(OC(=O)C2CCC(C(=O)Oc3ccc(-c4ccc(OC(=O)C5CCC(C(=O)Oc6ccc(OCCCCCCOC(=O)C=C)cc6)CC5)c(C=NSc5nc6ccccc6s5)c4)cc3C=NSc3nc4ccccc4s3)CC2)cc1. The van der Waals surface area contributed by atoms with Gasteiger partial charge in [0.25, 0.3) is 0 Å². The number of nitrogens with zero attached hydrogens (tertiary/aromatic N) is 4. The maximum atomic E-state index is 14.1. The molecule has 2 aliphatic rings. The van der Waals surface area contributed by atoms with E-state index in [-0.39, 0.29) is 23.8 Å². The summed E-state index contributed by atoms with van der Waals surface area (Å²) >= 11 is 5.47. The van der Waals surface area contributed by atoms with E-state index in [9.17, 15) is 28.8 Å². The molecule has 0 bridgehead atoms. The van der Waals surface area contributed by atoms with Gasteiger partial charge in [-0.05, 0) is 211 Å². The van der Waals surface area contributed by atoms with Gasteiger partial charge in [-0.15, -0.1) is 22.7 Å². The zero-order chi connectivity index (χ0) is 66.9. The predicted octanol–water partition coefficient (Wildman–Crippen LogP) is 16.8. The first kappa shape index (κ1) is 69.9. The maximum absolute atomic E-state index is 14.1. The highest BCUT2D eigenvalue weighted by Gasteiger charge is 2.34. The molecule has 0 amide bonds. The number of fused-ring (bicyclic) bond motifs is 2. The minimum Gasteiger partial charge on any atom is -0.494 e. The van der Waals surface area contributed by atoms with Gasteiger partial charge in [0.05, 0.1) is 70.5 Å². The molecule has 2 aromatic heterocycles. The fourth-order valence-electron chi connectivity index (χ4n) is 11.0. The lowest BCUT2D eigenvalue weighted by molar-refractivity contribution is -0.145. The molecule has 2 aliphatic carbocycles. The average Bonchev–Trinajstić information content (AvgIpc) is 1.29. The first-order valence-electron chi connectivity index (χ1n) is 32.2. The largest absolute Gasteiger partial charge is 0.494 e. The molecule has 10 rings (SSSR count). The number of para-hydroxylation sites is 2. The van der Waals surface area contributed by atoms with Crippen molar-refractivity contribution in [3.63, 3.8) is 0 Å². The molecule has 0 unspecified atom stereocenters. The van der Waals surface area contributed by atoms with Crippen molar-refractivity contribution in [3.05, 3.63) is 170 Å². The normalized spacial score (nSPS) is 16.2. The Balaban J connectivity index is 0.762. The number of esters is 6. The molecule has 0 radical (unpaired) electrons. The fraction of sp³-hybridized carbons (Fsp3) is 0.324. The highest BCUT2D eigenvalue weighted by molar-refractivity contribution is 8.00. The molecule has 0 atom stereocenters. The molecule has 2 fully saturated rings. The van der Waals surface area contributed by atoms with Gasteiger partial charge in [0, 0.05) is 59.6 Å². The molecule has 18 nitrogen and oxygen atoms in total. The lowest BCUT2D eigenvalue weighted by Gasteiger charge is -2.26. The minimum atomic E-state index is -0.453. The van der Waals surface area contributed by atoms with Gasteiger partial charge in [-0.25, -0.2) is 28.4 Å².